The molecule has 1 aromatic carbocycles. The molecule has 0 bridgehead atoms. The molecule has 33 heavy (non-hydrogen) atoms. The first-order valence-electron chi connectivity index (χ1n) is 12.4. The number of amides is 1. The highest BCUT2D eigenvalue weighted by atomic mass is 32.1. The van der Waals surface area contributed by atoms with Gasteiger partial charge in [-0.25, -0.2) is 9.97 Å². The minimum atomic E-state index is 0.0920. The molecule has 3 heterocycles. The van der Waals surface area contributed by atoms with Crippen molar-refractivity contribution in [3.05, 3.63) is 58.2 Å². The molecule has 1 saturated heterocycles. The van der Waals surface area contributed by atoms with E-state index < -0.39 is 0 Å². The summed E-state index contributed by atoms with van der Waals surface area (Å²) in [7, 11) is 0. The topological polar surface area (TPSA) is 49.3 Å². The van der Waals surface area contributed by atoms with Crippen molar-refractivity contribution in [3.8, 4) is 0 Å². The summed E-state index contributed by atoms with van der Waals surface area (Å²) in [6, 6.07) is 10.0. The Morgan fingerprint density at radius 1 is 0.970 bits per heavy atom. The van der Waals surface area contributed by atoms with Gasteiger partial charge < -0.3 is 9.80 Å². The number of aromatic nitrogens is 2. The number of benzene rings is 1. The van der Waals surface area contributed by atoms with Gasteiger partial charge in [-0.1, -0.05) is 36.8 Å². The minimum Gasteiger partial charge on any atom is -0.352 e. The maximum Gasteiger partial charge on any atom is 0.246 e. The van der Waals surface area contributed by atoms with Crippen LogP contribution in [0.1, 0.15) is 59.9 Å². The van der Waals surface area contributed by atoms with Gasteiger partial charge in [0.25, 0.3) is 0 Å². The number of aryl methyl sites for hydroxylation is 2. The molecule has 2 aromatic heterocycles. The van der Waals surface area contributed by atoms with Crippen molar-refractivity contribution in [1.29, 1.82) is 0 Å². The van der Waals surface area contributed by atoms with Gasteiger partial charge in [0.1, 0.15) is 16.5 Å². The van der Waals surface area contributed by atoms with Crippen molar-refractivity contribution in [2.45, 2.75) is 50.9 Å². The van der Waals surface area contributed by atoms with E-state index >= 15 is 0 Å². The van der Waals surface area contributed by atoms with Gasteiger partial charge in [-0.2, -0.15) is 0 Å². The molecule has 0 spiro atoms. The van der Waals surface area contributed by atoms with Crippen LogP contribution in [0.25, 0.3) is 16.3 Å². The number of hydrogen-bond acceptors (Lipinski definition) is 5. The van der Waals surface area contributed by atoms with Crippen LogP contribution in [0.5, 0.6) is 0 Å². The molecule has 0 unspecified atom stereocenters. The molecule has 170 valence electrons. The normalized spacial score (nSPS) is 19.2. The molecule has 2 fully saturated rings. The fourth-order valence-electron chi connectivity index (χ4n) is 5.06. The van der Waals surface area contributed by atoms with Crippen molar-refractivity contribution < 1.29 is 4.79 Å². The summed E-state index contributed by atoms with van der Waals surface area (Å²) in [5.41, 5.74) is 2.56. The molecule has 1 amide bonds. The Bertz CT molecular complexity index is 1190. The van der Waals surface area contributed by atoms with Gasteiger partial charge in [0, 0.05) is 43.1 Å². The lowest BCUT2D eigenvalue weighted by Crippen LogP contribution is -2.48. The predicted molar refractivity (Wildman–Crippen MR) is 135 cm³/mol. The lowest BCUT2D eigenvalue weighted by atomic mass is 10.1. The van der Waals surface area contributed by atoms with Gasteiger partial charge in [0.05, 0.1) is 5.39 Å². The summed E-state index contributed by atoms with van der Waals surface area (Å²) in [5.74, 6) is 2.81. The Labute approximate surface area is 199 Å². The van der Waals surface area contributed by atoms with Crippen molar-refractivity contribution in [2.75, 3.05) is 31.1 Å². The van der Waals surface area contributed by atoms with E-state index in [1.54, 1.807) is 6.08 Å². The van der Waals surface area contributed by atoms with Crippen LogP contribution in [0.2, 0.25) is 0 Å². The van der Waals surface area contributed by atoms with E-state index in [-0.39, 0.29) is 5.91 Å². The largest absolute Gasteiger partial charge is 0.352 e. The first kappa shape index (κ1) is 20.8. The maximum absolute atomic E-state index is 12.8. The number of anilines is 1. The van der Waals surface area contributed by atoms with Crippen molar-refractivity contribution in [3.63, 3.8) is 0 Å². The average molecular weight is 459 g/mol. The van der Waals surface area contributed by atoms with Gasteiger partial charge in [0.2, 0.25) is 5.91 Å². The van der Waals surface area contributed by atoms with E-state index in [0.29, 0.717) is 5.92 Å². The molecule has 0 N–H and O–H groups in total. The standard InChI is InChI=1S/C27H30N4OS/c32-23(14-11-19-7-3-1-4-8-19)30-15-17-31(18-16-30)26-24-21-9-5-2-6-10-22(21)33-27(24)29-25(28-26)20-12-13-20/h1,3-4,7-8,11,14,20H,2,5-6,9-10,12-13,15-18H2/b14-11+. The Morgan fingerprint density at radius 3 is 2.55 bits per heavy atom. The molecule has 6 heteroatoms. The second-order valence-corrected chi connectivity index (χ2v) is 10.6. The number of nitrogens with zero attached hydrogens (tertiary/aromatic N) is 4. The van der Waals surface area contributed by atoms with Crippen LogP contribution < -0.4 is 4.90 Å². The summed E-state index contributed by atoms with van der Waals surface area (Å²) in [6.07, 6.45) is 12.2. The second kappa shape index (κ2) is 8.90. The van der Waals surface area contributed by atoms with Crippen LogP contribution in [0.4, 0.5) is 5.82 Å². The van der Waals surface area contributed by atoms with Crippen molar-refractivity contribution in [2.24, 2.45) is 0 Å². The summed E-state index contributed by atoms with van der Waals surface area (Å²) in [5, 5.41) is 1.31. The van der Waals surface area contributed by atoms with E-state index in [1.165, 1.54) is 59.2 Å². The molecule has 1 saturated carbocycles. The fourth-order valence-corrected chi connectivity index (χ4v) is 6.32. The maximum atomic E-state index is 12.8. The highest BCUT2D eigenvalue weighted by Crippen LogP contribution is 2.44. The number of carbonyl (C=O) groups is 1. The van der Waals surface area contributed by atoms with Crippen LogP contribution in [-0.2, 0) is 17.6 Å². The molecular formula is C27H30N4OS. The van der Waals surface area contributed by atoms with Gasteiger partial charge >= 0.3 is 0 Å². The quantitative estimate of drug-likeness (QED) is 0.398. The van der Waals surface area contributed by atoms with Crippen LogP contribution >= 0.6 is 11.3 Å². The van der Waals surface area contributed by atoms with Gasteiger partial charge in [0.15, 0.2) is 0 Å². The molecule has 3 aliphatic rings. The molecule has 1 aliphatic heterocycles. The number of rotatable bonds is 4. The first-order valence-corrected chi connectivity index (χ1v) is 13.2. The van der Waals surface area contributed by atoms with Gasteiger partial charge in [-0.15, -0.1) is 11.3 Å². The Morgan fingerprint density at radius 2 is 1.76 bits per heavy atom. The summed E-state index contributed by atoms with van der Waals surface area (Å²) >= 11 is 1.91. The molecular weight excluding hydrogens is 428 g/mol. The number of piperazine rings is 1. The van der Waals surface area contributed by atoms with E-state index in [0.717, 1.165) is 49.8 Å². The average Bonchev–Trinajstić information content (AvgIpc) is 3.68. The van der Waals surface area contributed by atoms with E-state index in [1.807, 2.05) is 52.6 Å². The second-order valence-electron chi connectivity index (χ2n) is 9.48. The zero-order chi connectivity index (χ0) is 22.2. The number of thiophene rings is 1. The lowest BCUT2D eigenvalue weighted by Gasteiger charge is -2.35. The van der Waals surface area contributed by atoms with E-state index in [9.17, 15) is 4.79 Å². The molecule has 6 rings (SSSR count). The smallest absolute Gasteiger partial charge is 0.246 e. The molecule has 0 atom stereocenters. The third-order valence-electron chi connectivity index (χ3n) is 7.11. The Kier molecular flexibility index (Phi) is 5.62. The highest BCUT2D eigenvalue weighted by Gasteiger charge is 2.31. The van der Waals surface area contributed by atoms with Crippen LogP contribution in [0.15, 0.2) is 36.4 Å². The van der Waals surface area contributed by atoms with Crippen LogP contribution in [-0.4, -0.2) is 47.0 Å². The third kappa shape index (κ3) is 4.29. The van der Waals surface area contributed by atoms with Crippen LogP contribution in [0, 0.1) is 0 Å². The summed E-state index contributed by atoms with van der Waals surface area (Å²) < 4.78 is 0. The van der Waals surface area contributed by atoms with Crippen LogP contribution in [0.3, 0.4) is 0 Å². The zero-order valence-electron chi connectivity index (χ0n) is 19.0. The summed E-state index contributed by atoms with van der Waals surface area (Å²) in [4.78, 5) is 30.0. The zero-order valence-corrected chi connectivity index (χ0v) is 19.8. The predicted octanol–water partition coefficient (Wildman–Crippen LogP) is 5.20. The van der Waals surface area contributed by atoms with E-state index in [2.05, 4.69) is 4.90 Å². The van der Waals surface area contributed by atoms with Crippen molar-refractivity contribution in [1.82, 2.24) is 14.9 Å². The molecule has 5 nitrogen and oxygen atoms in total. The molecule has 3 aromatic rings. The minimum absolute atomic E-state index is 0.0920. The van der Waals surface area contributed by atoms with Gasteiger partial charge in [-0.05, 0) is 55.7 Å². The monoisotopic (exact) mass is 458 g/mol. The number of carbonyl (C=O) groups excluding carboxylic acids is 1. The Balaban J connectivity index is 1.24. The van der Waals surface area contributed by atoms with E-state index in [4.69, 9.17) is 9.97 Å². The lowest BCUT2D eigenvalue weighted by molar-refractivity contribution is -0.126. The Hall–Kier alpha value is -2.73. The SMILES string of the molecule is O=C(/C=C/c1ccccc1)N1CCN(c2nc(C3CC3)nc3sc4c(c23)CCCCC4)CC1. The summed E-state index contributed by atoms with van der Waals surface area (Å²) in [6.45, 7) is 3.11. The fraction of sp³-hybridized carbons (Fsp3) is 0.444. The molecule has 0 radical (unpaired) electrons. The highest BCUT2D eigenvalue weighted by molar-refractivity contribution is 7.19. The third-order valence-corrected chi connectivity index (χ3v) is 8.30. The number of fused-ring (bicyclic) bond motifs is 3. The van der Waals surface area contributed by atoms with Gasteiger partial charge in [-0.3, -0.25) is 4.79 Å². The number of hydrogen-bond donors (Lipinski definition) is 0. The van der Waals surface area contributed by atoms with Crippen molar-refractivity contribution >= 4 is 39.4 Å². The molecule has 2 aliphatic carbocycles. The first-order chi connectivity index (χ1) is 16.3.